The van der Waals surface area contributed by atoms with E-state index >= 15 is 0 Å². The molecule has 2 aliphatic rings. The number of likely N-dealkylation sites (tertiary alicyclic amines) is 1. The van der Waals surface area contributed by atoms with E-state index in [1.807, 2.05) is 0 Å². The quantitative estimate of drug-likeness (QED) is 0.773. The van der Waals surface area contributed by atoms with E-state index in [1.165, 1.54) is 38.8 Å². The summed E-state index contributed by atoms with van der Waals surface area (Å²) in [4.78, 5) is 2.58. The lowest BCUT2D eigenvalue weighted by Crippen LogP contribution is -2.40. The Kier molecular flexibility index (Phi) is 3.68. The Morgan fingerprint density at radius 2 is 1.67 bits per heavy atom. The third-order valence-corrected chi connectivity index (χ3v) is 4.54. The smallest absolute Gasteiger partial charge is 0.0196 e. The molecule has 0 bridgehead atoms. The zero-order chi connectivity index (χ0) is 10.8. The number of rotatable bonds is 3. The Morgan fingerprint density at radius 3 is 2.20 bits per heavy atom. The largest absolute Gasteiger partial charge is 0.326 e. The van der Waals surface area contributed by atoms with E-state index in [0.717, 1.165) is 24.3 Å². The molecule has 2 fully saturated rings. The van der Waals surface area contributed by atoms with Crippen LogP contribution in [0.15, 0.2) is 0 Å². The maximum absolute atomic E-state index is 6.31. The maximum atomic E-state index is 6.31. The zero-order valence-corrected chi connectivity index (χ0v) is 10.3. The molecule has 1 aliphatic carbocycles. The van der Waals surface area contributed by atoms with Crippen molar-refractivity contribution in [2.75, 3.05) is 19.6 Å². The summed E-state index contributed by atoms with van der Waals surface area (Å²) in [7, 11) is 0. The standard InChI is InChI=1S/C13H26N2/c1-10-7-15(8-11(10)2)9-13(14)12-5-3-4-6-12/h10-13H,3-9,14H2,1-2H3. The summed E-state index contributed by atoms with van der Waals surface area (Å²) >= 11 is 0. The minimum atomic E-state index is 0.435. The Morgan fingerprint density at radius 1 is 1.13 bits per heavy atom. The van der Waals surface area contributed by atoms with Gasteiger partial charge in [-0.25, -0.2) is 0 Å². The van der Waals surface area contributed by atoms with Gasteiger partial charge < -0.3 is 10.6 Å². The van der Waals surface area contributed by atoms with Gasteiger partial charge in [0.25, 0.3) is 0 Å². The van der Waals surface area contributed by atoms with Crippen LogP contribution in [-0.4, -0.2) is 30.6 Å². The van der Waals surface area contributed by atoms with Gasteiger partial charge in [0, 0.05) is 25.7 Å². The second-order valence-corrected chi connectivity index (χ2v) is 5.88. The summed E-state index contributed by atoms with van der Waals surface area (Å²) in [5.74, 6) is 2.54. The van der Waals surface area contributed by atoms with Gasteiger partial charge in [0.1, 0.15) is 0 Å². The van der Waals surface area contributed by atoms with Crippen molar-refractivity contribution in [3.63, 3.8) is 0 Å². The maximum Gasteiger partial charge on any atom is 0.0196 e. The third kappa shape index (κ3) is 2.73. The summed E-state index contributed by atoms with van der Waals surface area (Å²) in [6, 6.07) is 0.435. The van der Waals surface area contributed by atoms with Crippen LogP contribution in [0, 0.1) is 17.8 Å². The van der Waals surface area contributed by atoms with Crippen molar-refractivity contribution in [2.24, 2.45) is 23.5 Å². The van der Waals surface area contributed by atoms with Crippen LogP contribution in [0.2, 0.25) is 0 Å². The molecule has 0 aromatic rings. The number of hydrogen-bond acceptors (Lipinski definition) is 2. The van der Waals surface area contributed by atoms with Crippen LogP contribution in [0.4, 0.5) is 0 Å². The molecular formula is C13H26N2. The summed E-state index contributed by atoms with van der Waals surface area (Å²) in [5, 5.41) is 0. The first-order valence-corrected chi connectivity index (χ1v) is 6.64. The third-order valence-electron chi connectivity index (χ3n) is 4.54. The van der Waals surface area contributed by atoms with E-state index in [2.05, 4.69) is 18.7 Å². The molecule has 2 heteroatoms. The number of hydrogen-bond donors (Lipinski definition) is 1. The first-order chi connectivity index (χ1) is 7.16. The molecule has 0 aromatic heterocycles. The van der Waals surface area contributed by atoms with Crippen molar-refractivity contribution in [2.45, 2.75) is 45.6 Å². The van der Waals surface area contributed by atoms with E-state index in [1.54, 1.807) is 0 Å². The van der Waals surface area contributed by atoms with Crippen LogP contribution in [0.1, 0.15) is 39.5 Å². The second kappa shape index (κ2) is 4.84. The minimum Gasteiger partial charge on any atom is -0.326 e. The molecule has 1 aliphatic heterocycles. The van der Waals surface area contributed by atoms with Crippen LogP contribution < -0.4 is 5.73 Å². The van der Waals surface area contributed by atoms with Gasteiger partial charge >= 0.3 is 0 Å². The lowest BCUT2D eigenvalue weighted by molar-refractivity contribution is 0.263. The van der Waals surface area contributed by atoms with Crippen molar-refractivity contribution < 1.29 is 0 Å². The highest BCUT2D eigenvalue weighted by molar-refractivity contribution is 4.85. The average Bonchev–Trinajstić information content (AvgIpc) is 2.77. The number of nitrogens with zero attached hydrogens (tertiary/aromatic N) is 1. The van der Waals surface area contributed by atoms with Gasteiger partial charge in [-0.15, -0.1) is 0 Å². The lowest BCUT2D eigenvalue weighted by atomic mass is 9.99. The Hall–Kier alpha value is -0.0800. The average molecular weight is 210 g/mol. The van der Waals surface area contributed by atoms with Crippen molar-refractivity contribution in [3.05, 3.63) is 0 Å². The molecule has 15 heavy (non-hydrogen) atoms. The van der Waals surface area contributed by atoms with E-state index in [9.17, 15) is 0 Å². The van der Waals surface area contributed by atoms with Gasteiger partial charge in [-0.3, -0.25) is 0 Å². The van der Waals surface area contributed by atoms with Crippen molar-refractivity contribution in [3.8, 4) is 0 Å². The fourth-order valence-corrected chi connectivity index (χ4v) is 3.23. The second-order valence-electron chi connectivity index (χ2n) is 5.88. The summed E-state index contributed by atoms with van der Waals surface area (Å²) < 4.78 is 0. The molecule has 0 spiro atoms. The van der Waals surface area contributed by atoms with Gasteiger partial charge in [-0.05, 0) is 30.6 Å². The van der Waals surface area contributed by atoms with Crippen LogP contribution in [0.5, 0.6) is 0 Å². The fraction of sp³-hybridized carbons (Fsp3) is 1.00. The first kappa shape index (κ1) is 11.4. The van der Waals surface area contributed by atoms with Crippen LogP contribution in [0.25, 0.3) is 0 Å². The highest BCUT2D eigenvalue weighted by Gasteiger charge is 2.29. The molecular weight excluding hydrogens is 184 g/mol. The Balaban J connectivity index is 1.76. The van der Waals surface area contributed by atoms with Gasteiger partial charge in [-0.1, -0.05) is 26.7 Å². The SMILES string of the molecule is CC1CN(CC(N)C2CCCC2)CC1C. The van der Waals surface area contributed by atoms with E-state index in [0.29, 0.717) is 6.04 Å². The molecule has 88 valence electrons. The van der Waals surface area contributed by atoms with Crippen LogP contribution in [-0.2, 0) is 0 Å². The predicted octanol–water partition coefficient (Wildman–Crippen LogP) is 2.09. The molecule has 1 saturated carbocycles. The highest BCUT2D eigenvalue weighted by atomic mass is 15.2. The molecule has 1 heterocycles. The fourth-order valence-electron chi connectivity index (χ4n) is 3.23. The first-order valence-electron chi connectivity index (χ1n) is 6.64. The molecule has 2 rings (SSSR count). The molecule has 1 saturated heterocycles. The Bertz CT molecular complexity index is 189. The van der Waals surface area contributed by atoms with Crippen LogP contribution >= 0.6 is 0 Å². The van der Waals surface area contributed by atoms with Crippen molar-refractivity contribution >= 4 is 0 Å². The summed E-state index contributed by atoms with van der Waals surface area (Å²) in [5.41, 5.74) is 6.31. The van der Waals surface area contributed by atoms with Crippen molar-refractivity contribution in [1.82, 2.24) is 4.90 Å². The molecule has 2 nitrogen and oxygen atoms in total. The van der Waals surface area contributed by atoms with E-state index < -0.39 is 0 Å². The van der Waals surface area contributed by atoms with E-state index in [-0.39, 0.29) is 0 Å². The summed E-state index contributed by atoms with van der Waals surface area (Å²) in [6.07, 6.45) is 5.57. The predicted molar refractivity (Wildman–Crippen MR) is 64.7 cm³/mol. The zero-order valence-electron chi connectivity index (χ0n) is 10.3. The van der Waals surface area contributed by atoms with Gasteiger partial charge in [-0.2, -0.15) is 0 Å². The van der Waals surface area contributed by atoms with Gasteiger partial charge in [0.2, 0.25) is 0 Å². The highest BCUT2D eigenvalue weighted by Crippen LogP contribution is 2.28. The monoisotopic (exact) mass is 210 g/mol. The van der Waals surface area contributed by atoms with Crippen LogP contribution in [0.3, 0.4) is 0 Å². The minimum absolute atomic E-state index is 0.435. The van der Waals surface area contributed by atoms with Gasteiger partial charge in [0.05, 0.1) is 0 Å². The molecule has 0 radical (unpaired) electrons. The molecule has 3 atom stereocenters. The molecule has 0 aromatic carbocycles. The van der Waals surface area contributed by atoms with Gasteiger partial charge in [0.15, 0.2) is 0 Å². The molecule has 2 N–H and O–H groups in total. The van der Waals surface area contributed by atoms with Crippen molar-refractivity contribution in [1.29, 1.82) is 0 Å². The lowest BCUT2D eigenvalue weighted by Gasteiger charge is -2.25. The molecule has 0 amide bonds. The normalized spacial score (nSPS) is 36.2. The summed E-state index contributed by atoms with van der Waals surface area (Å²) in [6.45, 7) is 8.40. The number of nitrogens with two attached hydrogens (primary N) is 1. The van der Waals surface area contributed by atoms with E-state index in [4.69, 9.17) is 5.73 Å². The topological polar surface area (TPSA) is 29.3 Å². The Labute approximate surface area is 94.2 Å². The molecule has 3 unspecified atom stereocenters.